The van der Waals surface area contributed by atoms with Gasteiger partial charge in [0, 0.05) is 22.2 Å². The lowest BCUT2D eigenvalue weighted by molar-refractivity contribution is 0.0751. The van der Waals surface area contributed by atoms with Gasteiger partial charge in [-0.2, -0.15) is 8.78 Å². The number of fused-ring (bicyclic) bond motifs is 1. The minimum absolute atomic E-state index is 0.238. The molecule has 0 unspecified atom stereocenters. The van der Waals surface area contributed by atoms with Gasteiger partial charge in [0.1, 0.15) is 0 Å². The second-order valence-electron chi connectivity index (χ2n) is 3.05. The van der Waals surface area contributed by atoms with E-state index in [-0.39, 0.29) is 11.1 Å². The molecule has 0 spiro atoms. The molecule has 0 aliphatic heterocycles. The summed E-state index contributed by atoms with van der Waals surface area (Å²) in [5, 5.41) is 0.842. The predicted molar refractivity (Wildman–Crippen MR) is 53.6 cm³/mol. The first-order valence-electron chi connectivity index (χ1n) is 4.17. The molecule has 1 heterocycles. The molecule has 78 valence electrons. The molecule has 0 bridgehead atoms. The maximum atomic E-state index is 12.6. The van der Waals surface area contributed by atoms with E-state index in [0.29, 0.717) is 16.7 Å². The zero-order chi connectivity index (χ0) is 11.0. The Kier molecular flexibility index (Phi) is 2.44. The SMILES string of the molecule is O=Cc1cn(C(F)F)c2cc(Cl)ccc12. The number of benzene rings is 1. The highest BCUT2D eigenvalue weighted by Gasteiger charge is 2.13. The fourth-order valence-corrected chi connectivity index (χ4v) is 1.67. The van der Waals surface area contributed by atoms with Gasteiger partial charge in [0.2, 0.25) is 0 Å². The molecule has 0 amide bonds. The van der Waals surface area contributed by atoms with Gasteiger partial charge in [-0.25, -0.2) is 0 Å². The number of hydrogen-bond donors (Lipinski definition) is 0. The summed E-state index contributed by atoms with van der Waals surface area (Å²) in [5.74, 6) is 0. The topological polar surface area (TPSA) is 22.0 Å². The molecule has 1 aromatic carbocycles. The summed E-state index contributed by atoms with van der Waals surface area (Å²) in [6.07, 6.45) is 1.67. The third-order valence-corrected chi connectivity index (χ3v) is 2.40. The van der Waals surface area contributed by atoms with Crippen molar-refractivity contribution in [3.63, 3.8) is 0 Å². The summed E-state index contributed by atoms with van der Waals surface area (Å²) in [6, 6.07) is 4.53. The van der Waals surface area contributed by atoms with Crippen LogP contribution in [0, 0.1) is 0 Å². The van der Waals surface area contributed by atoms with Crippen LogP contribution in [0.3, 0.4) is 0 Å². The molecule has 5 heteroatoms. The van der Waals surface area contributed by atoms with E-state index in [1.165, 1.54) is 6.07 Å². The van der Waals surface area contributed by atoms with Crippen molar-refractivity contribution in [3.05, 3.63) is 35.0 Å². The minimum atomic E-state index is -2.68. The summed E-state index contributed by atoms with van der Waals surface area (Å²) in [6.45, 7) is -2.68. The van der Waals surface area contributed by atoms with E-state index in [0.717, 1.165) is 10.8 Å². The van der Waals surface area contributed by atoms with Crippen molar-refractivity contribution >= 4 is 28.8 Å². The fourth-order valence-electron chi connectivity index (χ4n) is 1.51. The van der Waals surface area contributed by atoms with Gasteiger partial charge < -0.3 is 0 Å². The van der Waals surface area contributed by atoms with E-state index >= 15 is 0 Å². The smallest absolute Gasteiger partial charge is 0.298 e. The van der Waals surface area contributed by atoms with Crippen LogP contribution < -0.4 is 0 Å². The van der Waals surface area contributed by atoms with Crippen molar-refractivity contribution in [1.29, 1.82) is 0 Å². The van der Waals surface area contributed by atoms with Crippen molar-refractivity contribution < 1.29 is 13.6 Å². The maximum Gasteiger partial charge on any atom is 0.319 e. The van der Waals surface area contributed by atoms with Gasteiger partial charge in [0.25, 0.3) is 0 Å². The first kappa shape index (κ1) is 10.1. The van der Waals surface area contributed by atoms with Crippen LogP contribution in [-0.2, 0) is 0 Å². The van der Waals surface area contributed by atoms with Crippen molar-refractivity contribution in [1.82, 2.24) is 4.57 Å². The molecular weight excluding hydrogens is 224 g/mol. The maximum absolute atomic E-state index is 12.6. The molecule has 0 N–H and O–H groups in total. The second kappa shape index (κ2) is 3.62. The monoisotopic (exact) mass is 229 g/mol. The van der Waals surface area contributed by atoms with Gasteiger partial charge in [0.15, 0.2) is 6.29 Å². The van der Waals surface area contributed by atoms with E-state index < -0.39 is 6.55 Å². The highest BCUT2D eigenvalue weighted by Crippen LogP contribution is 2.27. The van der Waals surface area contributed by atoms with Crippen LogP contribution in [0.4, 0.5) is 8.78 Å². The van der Waals surface area contributed by atoms with Crippen molar-refractivity contribution in [2.24, 2.45) is 0 Å². The van der Waals surface area contributed by atoms with Crippen molar-refractivity contribution in [2.75, 3.05) is 0 Å². The van der Waals surface area contributed by atoms with E-state index in [9.17, 15) is 13.6 Å². The van der Waals surface area contributed by atoms with E-state index in [4.69, 9.17) is 11.6 Å². The number of carbonyl (C=O) groups is 1. The lowest BCUT2D eigenvalue weighted by Crippen LogP contribution is -1.94. The first-order chi connectivity index (χ1) is 7.13. The van der Waals surface area contributed by atoms with Crippen LogP contribution in [0.2, 0.25) is 5.02 Å². The third-order valence-electron chi connectivity index (χ3n) is 2.16. The molecule has 2 rings (SSSR count). The quantitative estimate of drug-likeness (QED) is 0.723. The average molecular weight is 230 g/mol. The number of halogens is 3. The van der Waals surface area contributed by atoms with Gasteiger partial charge in [-0.3, -0.25) is 9.36 Å². The van der Waals surface area contributed by atoms with Crippen LogP contribution in [0.15, 0.2) is 24.4 Å². The molecule has 0 radical (unpaired) electrons. The Morgan fingerprint density at radius 2 is 2.13 bits per heavy atom. The number of rotatable bonds is 2. The lowest BCUT2D eigenvalue weighted by atomic mass is 10.2. The second-order valence-corrected chi connectivity index (χ2v) is 3.49. The molecule has 0 aliphatic carbocycles. The van der Waals surface area contributed by atoms with E-state index in [1.807, 2.05) is 0 Å². The van der Waals surface area contributed by atoms with Crippen LogP contribution >= 0.6 is 11.6 Å². The highest BCUT2D eigenvalue weighted by molar-refractivity contribution is 6.31. The minimum Gasteiger partial charge on any atom is -0.298 e. The normalized spacial score (nSPS) is 11.2. The molecule has 0 atom stereocenters. The Bertz CT molecular complexity index is 521. The first-order valence-corrected chi connectivity index (χ1v) is 4.54. The van der Waals surface area contributed by atoms with Crippen LogP contribution in [0.5, 0.6) is 0 Å². The largest absolute Gasteiger partial charge is 0.319 e. The molecule has 0 fully saturated rings. The number of aldehydes is 1. The Morgan fingerprint density at radius 1 is 1.40 bits per heavy atom. The Hall–Kier alpha value is -1.42. The van der Waals surface area contributed by atoms with Gasteiger partial charge in [-0.1, -0.05) is 17.7 Å². The van der Waals surface area contributed by atoms with Gasteiger partial charge in [-0.15, -0.1) is 0 Å². The number of nitrogens with zero attached hydrogens (tertiary/aromatic N) is 1. The molecule has 0 saturated heterocycles. The number of hydrogen-bond acceptors (Lipinski definition) is 1. The molecule has 2 nitrogen and oxygen atoms in total. The Labute approximate surface area is 89.1 Å². The molecule has 15 heavy (non-hydrogen) atoms. The predicted octanol–water partition coefficient (Wildman–Crippen LogP) is 3.50. The highest BCUT2D eigenvalue weighted by atomic mass is 35.5. The van der Waals surface area contributed by atoms with Gasteiger partial charge >= 0.3 is 6.55 Å². The van der Waals surface area contributed by atoms with Crippen molar-refractivity contribution in [2.45, 2.75) is 6.55 Å². The molecular formula is C10H6ClF2NO. The standard InChI is InChI=1S/C10H6ClF2NO/c11-7-1-2-8-6(5-15)4-14(10(12)13)9(8)3-7/h1-5,10H. The fraction of sp³-hybridized carbons (Fsp3) is 0.100. The van der Waals surface area contributed by atoms with E-state index in [2.05, 4.69) is 0 Å². The average Bonchev–Trinajstić information content (AvgIpc) is 2.55. The zero-order valence-electron chi connectivity index (χ0n) is 7.45. The van der Waals surface area contributed by atoms with E-state index in [1.54, 1.807) is 12.1 Å². The summed E-state index contributed by atoms with van der Waals surface area (Å²) in [7, 11) is 0. The Morgan fingerprint density at radius 3 is 2.73 bits per heavy atom. The molecule has 0 aliphatic rings. The summed E-state index contributed by atoms with van der Waals surface area (Å²) in [4.78, 5) is 10.7. The Balaban J connectivity index is 2.81. The molecule has 2 aromatic rings. The van der Waals surface area contributed by atoms with Gasteiger partial charge in [-0.05, 0) is 12.1 Å². The van der Waals surface area contributed by atoms with Crippen LogP contribution in [-0.4, -0.2) is 10.9 Å². The summed E-state index contributed by atoms with van der Waals surface area (Å²) >= 11 is 5.70. The van der Waals surface area contributed by atoms with Crippen LogP contribution in [0.1, 0.15) is 16.9 Å². The lowest BCUT2D eigenvalue weighted by Gasteiger charge is -2.02. The summed E-state index contributed by atoms with van der Waals surface area (Å²) in [5.41, 5.74) is 0.501. The summed E-state index contributed by atoms with van der Waals surface area (Å²) < 4.78 is 25.9. The molecule has 0 saturated carbocycles. The zero-order valence-corrected chi connectivity index (χ0v) is 8.21. The number of aromatic nitrogens is 1. The molecule has 1 aromatic heterocycles. The van der Waals surface area contributed by atoms with Crippen LogP contribution in [0.25, 0.3) is 10.9 Å². The number of alkyl halides is 2. The third kappa shape index (κ3) is 1.61. The van der Waals surface area contributed by atoms with Crippen molar-refractivity contribution in [3.8, 4) is 0 Å². The number of carbonyl (C=O) groups excluding carboxylic acids is 1. The van der Waals surface area contributed by atoms with Gasteiger partial charge in [0.05, 0.1) is 5.52 Å².